The Kier molecular flexibility index (Phi) is 2.52. The molecule has 2 nitrogen and oxygen atoms in total. The fourth-order valence-electron chi connectivity index (χ4n) is 1.01. The summed E-state index contributed by atoms with van der Waals surface area (Å²) in [6, 6.07) is 0.902. The van der Waals surface area contributed by atoms with Gasteiger partial charge < -0.3 is 0 Å². The minimum Gasteiger partial charge on any atom is -0.217 e. The van der Waals surface area contributed by atoms with E-state index in [9.17, 15) is 13.2 Å². The number of nitrogens with zero attached hydrogens (tertiary/aromatic N) is 2. The van der Waals surface area contributed by atoms with Crippen molar-refractivity contribution in [2.24, 2.45) is 0 Å². The number of alkyl halides is 3. The number of thiophene rings is 1. The summed E-state index contributed by atoms with van der Waals surface area (Å²) in [7, 11) is 0. The smallest absolute Gasteiger partial charge is 0.217 e. The second-order valence-electron chi connectivity index (χ2n) is 2.61. The minimum absolute atomic E-state index is 0.0644. The summed E-state index contributed by atoms with van der Waals surface area (Å²) in [5.41, 5.74) is 0.109. The predicted octanol–water partition coefficient (Wildman–Crippen LogP) is 4.02. The van der Waals surface area contributed by atoms with E-state index in [0.29, 0.717) is 11.3 Å². The van der Waals surface area contributed by atoms with Gasteiger partial charge in [-0.1, -0.05) is 11.6 Å². The van der Waals surface area contributed by atoms with Gasteiger partial charge in [-0.15, -0.1) is 11.3 Å². The molecule has 15 heavy (non-hydrogen) atoms. The van der Waals surface area contributed by atoms with Crippen molar-refractivity contribution < 1.29 is 13.2 Å². The molecule has 2 rings (SSSR count). The van der Waals surface area contributed by atoms with Gasteiger partial charge in [0.25, 0.3) is 0 Å². The van der Waals surface area contributed by atoms with Crippen LogP contribution in [0, 0.1) is 0 Å². The summed E-state index contributed by atoms with van der Waals surface area (Å²) in [4.78, 5) is 6.44. The molecule has 0 aliphatic rings. The molecule has 0 fully saturated rings. The van der Waals surface area contributed by atoms with Crippen LogP contribution in [0.1, 0.15) is 4.88 Å². The van der Waals surface area contributed by atoms with Crippen molar-refractivity contribution in [2.45, 2.75) is 6.18 Å². The Morgan fingerprint density at radius 2 is 1.87 bits per heavy atom. The Morgan fingerprint density at radius 1 is 1.20 bits per heavy atom. The van der Waals surface area contributed by atoms with E-state index in [1.165, 1.54) is 0 Å². The Bertz CT molecular complexity index is 523. The maximum Gasteiger partial charge on any atom is 0.425 e. The monoisotopic (exact) mass is 272 g/mol. The standard InChI is InChI=1S/C7HCl2F3N2S/c8-5-4-2(13-6(9)14-5)1-3(15-4)7(10,11)12/h1H. The average Bonchev–Trinajstić information content (AvgIpc) is 2.46. The van der Waals surface area contributed by atoms with Gasteiger partial charge in [-0.05, 0) is 17.7 Å². The molecule has 0 aromatic carbocycles. The van der Waals surface area contributed by atoms with Gasteiger partial charge >= 0.3 is 6.18 Å². The lowest BCUT2D eigenvalue weighted by Crippen LogP contribution is -2.00. The minimum atomic E-state index is -4.40. The second kappa shape index (κ2) is 3.47. The van der Waals surface area contributed by atoms with Crippen LogP contribution in [0.15, 0.2) is 6.07 Å². The quantitative estimate of drug-likeness (QED) is 0.535. The highest BCUT2D eigenvalue weighted by molar-refractivity contribution is 7.19. The van der Waals surface area contributed by atoms with Crippen molar-refractivity contribution in [1.82, 2.24) is 9.97 Å². The van der Waals surface area contributed by atoms with Crippen LogP contribution in [0.25, 0.3) is 10.2 Å². The summed E-state index contributed by atoms with van der Waals surface area (Å²) >= 11 is 11.6. The number of rotatable bonds is 0. The van der Waals surface area contributed by atoms with Crippen LogP contribution < -0.4 is 0 Å². The van der Waals surface area contributed by atoms with Crippen LogP contribution in [-0.2, 0) is 6.18 Å². The van der Waals surface area contributed by atoms with Crippen LogP contribution in [0.2, 0.25) is 10.4 Å². The highest BCUT2D eigenvalue weighted by Crippen LogP contribution is 2.39. The molecule has 0 unspecified atom stereocenters. The third-order valence-corrected chi connectivity index (χ3v) is 3.31. The Hall–Kier alpha value is -0.590. The van der Waals surface area contributed by atoms with Gasteiger partial charge in [0.05, 0.1) is 10.2 Å². The lowest BCUT2D eigenvalue weighted by molar-refractivity contribution is -0.134. The molecule has 0 N–H and O–H groups in total. The van der Waals surface area contributed by atoms with Gasteiger partial charge in [-0.25, -0.2) is 9.97 Å². The lowest BCUT2D eigenvalue weighted by atomic mass is 10.4. The molecule has 2 aromatic heterocycles. The molecule has 8 heteroatoms. The summed E-state index contributed by atoms with van der Waals surface area (Å²) in [5, 5.41) is -0.232. The first-order valence-corrected chi connectivity index (χ1v) is 5.15. The molecule has 80 valence electrons. The van der Waals surface area contributed by atoms with E-state index in [1.54, 1.807) is 0 Å². The third-order valence-electron chi connectivity index (χ3n) is 1.58. The molecule has 0 bridgehead atoms. The van der Waals surface area contributed by atoms with E-state index in [-0.39, 0.29) is 20.7 Å². The highest BCUT2D eigenvalue weighted by Gasteiger charge is 2.33. The van der Waals surface area contributed by atoms with Crippen LogP contribution in [0.5, 0.6) is 0 Å². The van der Waals surface area contributed by atoms with E-state index in [0.717, 1.165) is 6.07 Å². The molecule has 2 aromatic rings. The highest BCUT2D eigenvalue weighted by atomic mass is 35.5. The van der Waals surface area contributed by atoms with Gasteiger partial charge in [0.2, 0.25) is 5.28 Å². The van der Waals surface area contributed by atoms with Crippen LogP contribution in [-0.4, -0.2) is 9.97 Å². The van der Waals surface area contributed by atoms with Crippen molar-refractivity contribution >= 4 is 44.8 Å². The first kappa shape index (κ1) is 10.9. The van der Waals surface area contributed by atoms with Crippen LogP contribution >= 0.6 is 34.5 Å². The predicted molar refractivity (Wildman–Crippen MR) is 52.4 cm³/mol. The van der Waals surface area contributed by atoms with E-state index < -0.39 is 11.1 Å². The zero-order chi connectivity index (χ0) is 11.2. The van der Waals surface area contributed by atoms with Crippen molar-refractivity contribution in [3.05, 3.63) is 21.4 Å². The van der Waals surface area contributed by atoms with E-state index in [4.69, 9.17) is 23.2 Å². The van der Waals surface area contributed by atoms with Crippen molar-refractivity contribution in [2.75, 3.05) is 0 Å². The largest absolute Gasteiger partial charge is 0.425 e. The Morgan fingerprint density at radius 3 is 2.47 bits per heavy atom. The topological polar surface area (TPSA) is 25.8 Å². The molecule has 2 heterocycles. The maximum absolute atomic E-state index is 12.3. The fourth-order valence-corrected chi connectivity index (χ4v) is 2.36. The normalized spacial score (nSPS) is 12.3. The SMILES string of the molecule is FC(F)(F)c1cc2nc(Cl)nc(Cl)c2s1. The average molecular weight is 273 g/mol. The van der Waals surface area contributed by atoms with Gasteiger partial charge in [0, 0.05) is 0 Å². The van der Waals surface area contributed by atoms with Gasteiger partial charge in [-0.3, -0.25) is 0 Å². The first-order valence-electron chi connectivity index (χ1n) is 3.57. The second-order valence-corrected chi connectivity index (χ2v) is 4.35. The van der Waals surface area contributed by atoms with Crippen LogP contribution in [0.3, 0.4) is 0 Å². The number of fused-ring (bicyclic) bond motifs is 1. The van der Waals surface area contributed by atoms with Gasteiger partial charge in [0.1, 0.15) is 4.88 Å². The van der Waals surface area contributed by atoms with Crippen LogP contribution in [0.4, 0.5) is 13.2 Å². The zero-order valence-corrected chi connectivity index (χ0v) is 9.10. The Labute approximate surface area is 95.7 Å². The number of aromatic nitrogens is 2. The van der Waals surface area contributed by atoms with Crippen molar-refractivity contribution in [1.29, 1.82) is 0 Å². The van der Waals surface area contributed by atoms with Gasteiger partial charge in [0.15, 0.2) is 5.15 Å². The molecule has 0 amide bonds. The molecule has 0 aliphatic heterocycles. The van der Waals surface area contributed by atoms with E-state index in [2.05, 4.69) is 9.97 Å². The first-order chi connectivity index (χ1) is 6.88. The molecule has 0 saturated heterocycles. The van der Waals surface area contributed by atoms with Crippen molar-refractivity contribution in [3.8, 4) is 0 Å². The molecule has 0 aliphatic carbocycles. The summed E-state index contributed by atoms with van der Waals surface area (Å²) < 4.78 is 37.2. The molecule has 0 saturated carbocycles. The number of hydrogen-bond acceptors (Lipinski definition) is 3. The Balaban J connectivity index is 2.71. The number of hydrogen-bond donors (Lipinski definition) is 0. The summed E-state index contributed by atoms with van der Waals surface area (Å²) in [5.74, 6) is 0. The molecular weight excluding hydrogens is 272 g/mol. The summed E-state index contributed by atoms with van der Waals surface area (Å²) in [6.45, 7) is 0. The van der Waals surface area contributed by atoms with Gasteiger partial charge in [-0.2, -0.15) is 13.2 Å². The zero-order valence-electron chi connectivity index (χ0n) is 6.77. The summed E-state index contributed by atoms with van der Waals surface area (Å²) in [6.07, 6.45) is -4.40. The maximum atomic E-state index is 12.3. The lowest BCUT2D eigenvalue weighted by Gasteiger charge is -1.99. The molecular formula is C7HCl2F3N2S. The van der Waals surface area contributed by atoms with Crippen molar-refractivity contribution in [3.63, 3.8) is 0 Å². The fraction of sp³-hybridized carbons (Fsp3) is 0.143. The molecule has 0 radical (unpaired) electrons. The molecule has 0 atom stereocenters. The third kappa shape index (κ3) is 2.02. The number of halogens is 5. The van der Waals surface area contributed by atoms with E-state index in [1.807, 2.05) is 0 Å². The molecule has 0 spiro atoms. The van der Waals surface area contributed by atoms with E-state index >= 15 is 0 Å².